The number of para-hydroxylation sites is 1. The predicted octanol–water partition coefficient (Wildman–Crippen LogP) is 4.14. The molecule has 0 unspecified atom stereocenters. The zero-order valence-corrected chi connectivity index (χ0v) is 13.2. The molecule has 3 rings (SSSR count). The first-order chi connectivity index (χ1) is 11.9. The Balaban J connectivity index is 2.05. The summed E-state index contributed by atoms with van der Waals surface area (Å²) in [5.74, 6) is -1.02. The van der Waals surface area contributed by atoms with Crippen LogP contribution in [-0.2, 0) is 11.0 Å². The highest BCUT2D eigenvalue weighted by Gasteiger charge is 2.40. The number of allylic oxidation sites excluding steroid dienone is 2. The number of nitrogens with zero attached hydrogens (tertiary/aromatic N) is 2. The summed E-state index contributed by atoms with van der Waals surface area (Å²) in [5.41, 5.74) is -1.20. The van der Waals surface area contributed by atoms with Crippen molar-refractivity contribution in [1.29, 1.82) is 0 Å². The Morgan fingerprint density at radius 2 is 1.80 bits per heavy atom. The molecule has 0 bridgehead atoms. The Hall–Kier alpha value is -2.70. The number of carbonyl (C=O) groups excluding carboxylic acids is 2. The number of alkyl halides is 3. The van der Waals surface area contributed by atoms with Gasteiger partial charge in [0.25, 0.3) is 0 Å². The molecule has 1 aromatic carbocycles. The van der Waals surface area contributed by atoms with Crippen LogP contribution in [0.2, 0.25) is 0 Å². The fraction of sp³-hybridized carbons (Fsp3) is 0.278. The van der Waals surface area contributed by atoms with Crippen LogP contribution in [0.25, 0.3) is 5.69 Å². The smallest absolute Gasteiger partial charge is 0.295 e. The first kappa shape index (κ1) is 17.1. The van der Waals surface area contributed by atoms with Crippen LogP contribution in [0.3, 0.4) is 0 Å². The van der Waals surface area contributed by atoms with Crippen molar-refractivity contribution >= 4 is 11.6 Å². The average Bonchev–Trinajstić information content (AvgIpc) is 3.03. The van der Waals surface area contributed by atoms with E-state index in [0.717, 1.165) is 25.1 Å². The third kappa shape index (κ3) is 3.55. The number of carbonyl (C=O) groups is 2. The van der Waals surface area contributed by atoms with Gasteiger partial charge in [0.1, 0.15) is 0 Å². The van der Waals surface area contributed by atoms with Crippen LogP contribution in [-0.4, -0.2) is 21.3 Å². The number of ketones is 2. The van der Waals surface area contributed by atoms with Crippen molar-refractivity contribution in [1.82, 2.24) is 9.78 Å². The molecule has 0 amide bonds. The summed E-state index contributed by atoms with van der Waals surface area (Å²) in [6.07, 6.45) is -0.588. The van der Waals surface area contributed by atoms with E-state index in [1.165, 1.54) is 12.1 Å². The lowest BCUT2D eigenvalue weighted by atomic mass is 9.92. The summed E-state index contributed by atoms with van der Waals surface area (Å²) in [6, 6.07) is 7.79. The minimum atomic E-state index is -4.76. The number of benzene rings is 1. The van der Waals surface area contributed by atoms with Gasteiger partial charge in [0.05, 0.1) is 17.4 Å². The molecule has 0 atom stereocenters. The number of halogens is 3. The van der Waals surface area contributed by atoms with Crippen molar-refractivity contribution in [2.75, 3.05) is 0 Å². The molecular formula is C18H15F3N2O2. The highest BCUT2D eigenvalue weighted by molar-refractivity contribution is 6.10. The van der Waals surface area contributed by atoms with Crippen LogP contribution >= 0.6 is 0 Å². The van der Waals surface area contributed by atoms with Crippen LogP contribution in [0.5, 0.6) is 0 Å². The molecule has 0 spiro atoms. The fourth-order valence-corrected chi connectivity index (χ4v) is 2.86. The van der Waals surface area contributed by atoms with Gasteiger partial charge in [-0.15, -0.1) is 0 Å². The van der Waals surface area contributed by atoms with E-state index in [2.05, 4.69) is 5.10 Å². The van der Waals surface area contributed by atoms with Gasteiger partial charge in [-0.05, 0) is 43.0 Å². The quantitative estimate of drug-likeness (QED) is 0.619. The highest BCUT2D eigenvalue weighted by atomic mass is 19.4. The van der Waals surface area contributed by atoms with E-state index in [1.807, 2.05) is 0 Å². The third-order valence-electron chi connectivity index (χ3n) is 4.07. The predicted molar refractivity (Wildman–Crippen MR) is 84.5 cm³/mol. The van der Waals surface area contributed by atoms with Gasteiger partial charge < -0.3 is 0 Å². The lowest BCUT2D eigenvalue weighted by Gasteiger charge is -2.13. The Bertz CT molecular complexity index is 836. The molecule has 0 aliphatic heterocycles. The molecular weight excluding hydrogens is 333 g/mol. The molecule has 1 aliphatic rings. The lowest BCUT2D eigenvalue weighted by molar-refractivity contribution is -0.143. The number of hydrogen-bond donors (Lipinski definition) is 0. The topological polar surface area (TPSA) is 52.0 Å². The van der Waals surface area contributed by atoms with Crippen molar-refractivity contribution in [3.05, 3.63) is 59.4 Å². The van der Waals surface area contributed by atoms with Crippen LogP contribution in [0.4, 0.5) is 13.2 Å². The van der Waals surface area contributed by atoms with Gasteiger partial charge >= 0.3 is 6.18 Å². The molecule has 0 radical (unpaired) electrons. The van der Waals surface area contributed by atoms with Crippen LogP contribution in [0.15, 0.2) is 48.2 Å². The van der Waals surface area contributed by atoms with Crippen molar-refractivity contribution in [2.45, 2.75) is 31.9 Å². The molecule has 1 aliphatic carbocycles. The summed E-state index contributed by atoms with van der Waals surface area (Å²) in [6.45, 7) is 0. The summed E-state index contributed by atoms with van der Waals surface area (Å²) in [5, 5.41) is 3.75. The normalized spacial score (nSPS) is 17.1. The molecule has 7 heteroatoms. The average molecular weight is 348 g/mol. The molecule has 0 N–H and O–H groups in total. The lowest BCUT2D eigenvalue weighted by Crippen LogP contribution is -2.17. The second-order valence-corrected chi connectivity index (χ2v) is 5.82. The monoisotopic (exact) mass is 348 g/mol. The molecule has 1 heterocycles. The van der Waals surface area contributed by atoms with Crippen molar-refractivity contribution < 1.29 is 22.8 Å². The molecule has 1 fully saturated rings. The second-order valence-electron chi connectivity index (χ2n) is 5.82. The summed E-state index contributed by atoms with van der Waals surface area (Å²) < 4.78 is 41.3. The van der Waals surface area contributed by atoms with Crippen LogP contribution in [0.1, 0.15) is 41.7 Å². The van der Waals surface area contributed by atoms with Gasteiger partial charge in [0, 0.05) is 6.42 Å². The molecule has 1 saturated carbocycles. The van der Waals surface area contributed by atoms with Gasteiger partial charge in [0.15, 0.2) is 17.3 Å². The van der Waals surface area contributed by atoms with E-state index in [1.54, 1.807) is 18.2 Å². The maximum atomic E-state index is 13.5. The van der Waals surface area contributed by atoms with E-state index in [-0.39, 0.29) is 17.0 Å². The minimum absolute atomic E-state index is 0.177. The highest BCUT2D eigenvalue weighted by Crippen LogP contribution is 2.34. The number of rotatable bonds is 3. The Kier molecular flexibility index (Phi) is 4.57. The minimum Gasteiger partial charge on any atom is -0.295 e. The van der Waals surface area contributed by atoms with Gasteiger partial charge in [-0.1, -0.05) is 18.2 Å². The number of hydrogen-bond acceptors (Lipinski definition) is 3. The molecule has 4 nitrogen and oxygen atoms in total. The van der Waals surface area contributed by atoms with E-state index in [4.69, 9.17) is 0 Å². The van der Waals surface area contributed by atoms with Crippen molar-refractivity contribution in [3.8, 4) is 5.69 Å². The van der Waals surface area contributed by atoms with E-state index in [0.29, 0.717) is 17.5 Å². The Morgan fingerprint density at radius 1 is 1.12 bits per heavy atom. The molecule has 2 aromatic rings. The van der Waals surface area contributed by atoms with Gasteiger partial charge in [0.2, 0.25) is 0 Å². The fourth-order valence-electron chi connectivity index (χ4n) is 2.86. The zero-order chi connectivity index (χ0) is 18.0. The van der Waals surface area contributed by atoms with Crippen LogP contribution in [0, 0.1) is 0 Å². The van der Waals surface area contributed by atoms with E-state index < -0.39 is 23.2 Å². The third-order valence-corrected chi connectivity index (χ3v) is 4.07. The van der Waals surface area contributed by atoms with Crippen LogP contribution < -0.4 is 0 Å². The molecule has 130 valence electrons. The standard InChI is InChI=1S/C18H15F3N2O2/c19-18(20,21)17-14(11-22-23(17)13-7-2-1-3-8-13)16(25)10-12-6-4-5-9-15(12)24/h1-3,7-8,10-11H,4-6,9H2. The molecule has 1 aromatic heterocycles. The Labute approximate surface area is 142 Å². The SMILES string of the molecule is O=C1CCCCC1=CC(=O)c1cnn(-c2ccccc2)c1C(F)(F)F. The number of Topliss-reactive ketones (excluding diaryl/α,β-unsaturated/α-hetero) is 1. The van der Waals surface area contributed by atoms with E-state index in [9.17, 15) is 22.8 Å². The first-order valence-electron chi connectivity index (χ1n) is 7.86. The second kappa shape index (κ2) is 6.66. The van der Waals surface area contributed by atoms with Crippen molar-refractivity contribution in [2.24, 2.45) is 0 Å². The molecule has 25 heavy (non-hydrogen) atoms. The van der Waals surface area contributed by atoms with Crippen molar-refractivity contribution in [3.63, 3.8) is 0 Å². The summed E-state index contributed by atoms with van der Waals surface area (Å²) in [7, 11) is 0. The summed E-state index contributed by atoms with van der Waals surface area (Å²) in [4.78, 5) is 24.2. The number of aromatic nitrogens is 2. The van der Waals surface area contributed by atoms with Gasteiger partial charge in [-0.2, -0.15) is 18.3 Å². The molecule has 0 saturated heterocycles. The van der Waals surface area contributed by atoms with E-state index >= 15 is 0 Å². The Morgan fingerprint density at radius 3 is 2.44 bits per heavy atom. The van der Waals surface area contributed by atoms with Gasteiger partial charge in [-0.25, -0.2) is 4.68 Å². The summed E-state index contributed by atoms with van der Waals surface area (Å²) >= 11 is 0. The maximum absolute atomic E-state index is 13.5. The van der Waals surface area contributed by atoms with Gasteiger partial charge in [-0.3, -0.25) is 9.59 Å². The first-order valence-corrected chi connectivity index (χ1v) is 7.86. The largest absolute Gasteiger partial charge is 0.434 e. The maximum Gasteiger partial charge on any atom is 0.434 e. The zero-order valence-electron chi connectivity index (χ0n) is 13.2.